The third-order valence-electron chi connectivity index (χ3n) is 2.15. The highest BCUT2D eigenvalue weighted by molar-refractivity contribution is 7.10. The zero-order valence-corrected chi connectivity index (χ0v) is 10.9. The Morgan fingerprint density at radius 1 is 1.06 bits per heavy atom. The first-order chi connectivity index (χ1) is 7.63. The van der Waals surface area contributed by atoms with Crippen molar-refractivity contribution in [2.24, 2.45) is 0 Å². The molecule has 2 aromatic heterocycles. The zero-order chi connectivity index (χ0) is 11.5. The predicted molar refractivity (Wildman–Crippen MR) is 67.1 cm³/mol. The van der Waals surface area contributed by atoms with Crippen molar-refractivity contribution >= 4 is 22.7 Å². The van der Waals surface area contributed by atoms with E-state index in [9.17, 15) is 5.11 Å². The number of aliphatic hydroxyl groups is 1. The molecule has 2 aromatic rings. The monoisotopic (exact) mass is 254 g/mol. The summed E-state index contributed by atoms with van der Waals surface area (Å²) in [6.45, 7) is 3.94. The lowest BCUT2D eigenvalue weighted by Crippen LogP contribution is -2.13. The molecule has 0 spiro atoms. The number of nitrogens with zero attached hydrogens (tertiary/aromatic N) is 2. The van der Waals surface area contributed by atoms with Crippen molar-refractivity contribution in [3.63, 3.8) is 0 Å². The van der Waals surface area contributed by atoms with Crippen LogP contribution >= 0.6 is 22.7 Å². The largest absolute Gasteiger partial charge is 0.392 e. The number of rotatable bonds is 4. The van der Waals surface area contributed by atoms with Gasteiger partial charge in [-0.3, -0.25) is 0 Å². The smallest absolute Gasteiger partial charge is 0.0954 e. The van der Waals surface area contributed by atoms with Crippen molar-refractivity contribution in [2.45, 2.75) is 32.8 Å². The fourth-order valence-corrected chi connectivity index (χ4v) is 3.16. The van der Waals surface area contributed by atoms with Crippen LogP contribution in [-0.2, 0) is 12.8 Å². The predicted octanol–water partition coefficient (Wildman–Crippen LogP) is 2.36. The highest BCUT2D eigenvalue weighted by atomic mass is 32.1. The van der Waals surface area contributed by atoms with Crippen molar-refractivity contribution < 1.29 is 5.11 Å². The lowest BCUT2D eigenvalue weighted by molar-refractivity contribution is 0.175. The van der Waals surface area contributed by atoms with Crippen LogP contribution in [0.4, 0.5) is 0 Å². The number of thiazole rings is 2. The lowest BCUT2D eigenvalue weighted by Gasteiger charge is -2.05. The van der Waals surface area contributed by atoms with Crippen LogP contribution in [0.25, 0.3) is 0 Å². The van der Waals surface area contributed by atoms with Crippen LogP contribution < -0.4 is 0 Å². The highest BCUT2D eigenvalue weighted by Crippen LogP contribution is 2.15. The second kappa shape index (κ2) is 5.03. The summed E-state index contributed by atoms with van der Waals surface area (Å²) in [4.78, 5) is 8.68. The van der Waals surface area contributed by atoms with E-state index in [1.165, 1.54) is 0 Å². The molecule has 0 saturated heterocycles. The van der Waals surface area contributed by atoms with Crippen molar-refractivity contribution in [3.05, 3.63) is 32.2 Å². The van der Waals surface area contributed by atoms with Gasteiger partial charge >= 0.3 is 0 Å². The molecule has 0 fully saturated rings. The fourth-order valence-electron chi connectivity index (χ4n) is 1.47. The quantitative estimate of drug-likeness (QED) is 0.911. The van der Waals surface area contributed by atoms with E-state index in [1.54, 1.807) is 22.7 Å². The minimum atomic E-state index is -0.379. The van der Waals surface area contributed by atoms with Crippen LogP contribution in [0, 0.1) is 13.8 Å². The van der Waals surface area contributed by atoms with Gasteiger partial charge in [-0.15, -0.1) is 22.7 Å². The molecule has 0 amide bonds. The standard InChI is InChI=1S/C11H14N2OS2/c1-7-5-15-10(12-7)3-9(14)4-11-13-8(2)6-16-11/h5-6,9,14H,3-4H2,1-2H3. The molecule has 2 heterocycles. The second-order valence-electron chi connectivity index (χ2n) is 3.83. The van der Waals surface area contributed by atoms with E-state index < -0.39 is 0 Å². The maximum absolute atomic E-state index is 9.91. The molecule has 5 heteroatoms. The van der Waals surface area contributed by atoms with Crippen LogP contribution in [0.15, 0.2) is 10.8 Å². The summed E-state index contributed by atoms with van der Waals surface area (Å²) in [5, 5.41) is 15.9. The summed E-state index contributed by atoms with van der Waals surface area (Å²) >= 11 is 3.21. The molecule has 0 radical (unpaired) electrons. The first-order valence-electron chi connectivity index (χ1n) is 5.13. The molecule has 1 N–H and O–H groups in total. The molecule has 0 aliphatic heterocycles. The summed E-state index contributed by atoms with van der Waals surface area (Å²) in [5.74, 6) is 0. The van der Waals surface area contributed by atoms with Gasteiger partial charge < -0.3 is 5.11 Å². The minimum Gasteiger partial charge on any atom is -0.392 e. The summed E-state index contributed by atoms with van der Waals surface area (Å²) in [6, 6.07) is 0. The zero-order valence-electron chi connectivity index (χ0n) is 9.30. The van der Waals surface area contributed by atoms with Crippen molar-refractivity contribution in [3.8, 4) is 0 Å². The van der Waals surface area contributed by atoms with E-state index in [1.807, 2.05) is 24.6 Å². The molecule has 0 aromatic carbocycles. The Labute approximate surface area is 103 Å². The average molecular weight is 254 g/mol. The topological polar surface area (TPSA) is 46.0 Å². The molecule has 16 heavy (non-hydrogen) atoms. The van der Waals surface area contributed by atoms with Crippen molar-refractivity contribution in [2.75, 3.05) is 0 Å². The molecular weight excluding hydrogens is 240 g/mol. The third-order valence-corrected chi connectivity index (χ3v) is 4.13. The fraction of sp³-hybridized carbons (Fsp3) is 0.455. The SMILES string of the molecule is Cc1csc(CC(O)Cc2nc(C)cs2)n1. The summed E-state index contributed by atoms with van der Waals surface area (Å²) in [5.41, 5.74) is 2.05. The highest BCUT2D eigenvalue weighted by Gasteiger charge is 2.11. The molecular formula is C11H14N2OS2. The summed E-state index contributed by atoms with van der Waals surface area (Å²) in [6.07, 6.45) is 0.866. The maximum atomic E-state index is 9.91. The first kappa shape index (κ1) is 11.7. The normalized spacial score (nSPS) is 11.2. The Kier molecular flexibility index (Phi) is 3.68. The van der Waals surface area contributed by atoms with Crippen LogP contribution in [0.2, 0.25) is 0 Å². The van der Waals surface area contributed by atoms with Crippen LogP contribution in [0.1, 0.15) is 21.4 Å². The molecule has 0 bridgehead atoms. The number of aromatic nitrogens is 2. The molecule has 86 valence electrons. The number of aryl methyl sites for hydroxylation is 2. The van der Waals surface area contributed by atoms with Gasteiger partial charge in [-0.2, -0.15) is 0 Å². The second-order valence-corrected chi connectivity index (χ2v) is 5.71. The van der Waals surface area contributed by atoms with Gasteiger partial charge in [0.25, 0.3) is 0 Å². The van der Waals surface area contributed by atoms with E-state index in [4.69, 9.17) is 0 Å². The Balaban J connectivity index is 1.91. The minimum absolute atomic E-state index is 0.379. The lowest BCUT2D eigenvalue weighted by atomic mass is 10.2. The molecule has 3 nitrogen and oxygen atoms in total. The summed E-state index contributed by atoms with van der Waals surface area (Å²) < 4.78 is 0. The van der Waals surface area contributed by atoms with Gasteiger partial charge in [0, 0.05) is 35.0 Å². The molecule has 2 rings (SSSR count). The van der Waals surface area contributed by atoms with Crippen LogP contribution in [-0.4, -0.2) is 21.2 Å². The third kappa shape index (κ3) is 3.10. The Morgan fingerprint density at radius 2 is 1.50 bits per heavy atom. The first-order valence-corrected chi connectivity index (χ1v) is 6.89. The summed E-state index contributed by atoms with van der Waals surface area (Å²) in [7, 11) is 0. The average Bonchev–Trinajstić information content (AvgIpc) is 2.76. The Bertz CT molecular complexity index is 422. The number of hydrogen-bond donors (Lipinski definition) is 1. The van der Waals surface area contributed by atoms with E-state index >= 15 is 0 Å². The van der Waals surface area contributed by atoms with Gasteiger partial charge in [-0.05, 0) is 13.8 Å². The number of aliphatic hydroxyl groups excluding tert-OH is 1. The van der Waals surface area contributed by atoms with Gasteiger partial charge in [0.2, 0.25) is 0 Å². The van der Waals surface area contributed by atoms with Crippen molar-refractivity contribution in [1.29, 1.82) is 0 Å². The molecule has 0 unspecified atom stereocenters. The van der Waals surface area contributed by atoms with E-state index in [2.05, 4.69) is 9.97 Å². The maximum Gasteiger partial charge on any atom is 0.0954 e. The van der Waals surface area contributed by atoms with Gasteiger partial charge in [0.15, 0.2) is 0 Å². The van der Waals surface area contributed by atoms with E-state index in [-0.39, 0.29) is 6.10 Å². The Morgan fingerprint density at radius 3 is 1.81 bits per heavy atom. The van der Waals surface area contributed by atoms with Gasteiger partial charge in [-0.25, -0.2) is 9.97 Å². The van der Waals surface area contributed by atoms with E-state index in [0.29, 0.717) is 12.8 Å². The Hall–Kier alpha value is -0.780. The van der Waals surface area contributed by atoms with Gasteiger partial charge in [0.05, 0.1) is 16.1 Å². The van der Waals surface area contributed by atoms with Crippen molar-refractivity contribution in [1.82, 2.24) is 9.97 Å². The molecule has 0 aliphatic rings. The van der Waals surface area contributed by atoms with Crippen LogP contribution in [0.3, 0.4) is 0 Å². The van der Waals surface area contributed by atoms with Crippen LogP contribution in [0.5, 0.6) is 0 Å². The molecule has 0 aliphatic carbocycles. The van der Waals surface area contributed by atoms with E-state index in [0.717, 1.165) is 21.4 Å². The van der Waals surface area contributed by atoms with Gasteiger partial charge in [-0.1, -0.05) is 0 Å². The van der Waals surface area contributed by atoms with Gasteiger partial charge in [0.1, 0.15) is 0 Å². The molecule has 0 saturated carbocycles. The molecule has 0 atom stereocenters. The number of hydrogen-bond acceptors (Lipinski definition) is 5.